The molecular formula is C17H32Cl2N6O. The fourth-order valence-electron chi connectivity index (χ4n) is 4.06. The molecule has 9 heteroatoms. The number of hydrogen-bond acceptors (Lipinski definition) is 5. The molecule has 0 aromatic carbocycles. The van der Waals surface area contributed by atoms with Crippen molar-refractivity contribution in [1.29, 1.82) is 0 Å². The molecule has 1 saturated heterocycles. The van der Waals surface area contributed by atoms with Crippen LogP contribution >= 0.6 is 24.8 Å². The van der Waals surface area contributed by atoms with E-state index in [9.17, 15) is 4.79 Å². The molecule has 3 heterocycles. The summed E-state index contributed by atoms with van der Waals surface area (Å²) in [6.07, 6.45) is 1.96. The Morgan fingerprint density at radius 2 is 1.81 bits per heavy atom. The molecule has 3 rings (SSSR count). The average Bonchev–Trinajstić information content (AvgIpc) is 2.98. The van der Waals surface area contributed by atoms with Gasteiger partial charge in [0.15, 0.2) is 0 Å². The van der Waals surface area contributed by atoms with E-state index in [1.54, 1.807) is 0 Å². The number of amides is 1. The fraction of sp³-hybridized carbons (Fsp3) is 0.824. The number of nitrogens with zero attached hydrogens (tertiary/aromatic N) is 5. The Balaban J connectivity index is 0.00000169. The summed E-state index contributed by atoms with van der Waals surface area (Å²) in [4.78, 5) is 16.9. The van der Waals surface area contributed by atoms with Crippen molar-refractivity contribution in [2.24, 2.45) is 5.92 Å². The third-order valence-electron chi connectivity index (χ3n) is 5.26. The van der Waals surface area contributed by atoms with E-state index in [0.29, 0.717) is 11.8 Å². The third-order valence-corrected chi connectivity index (χ3v) is 5.26. The maximum atomic E-state index is 12.8. The second-order valence-electron chi connectivity index (χ2n) is 7.55. The van der Waals surface area contributed by atoms with Crippen LogP contribution in [0.25, 0.3) is 0 Å². The minimum atomic E-state index is -0.0338. The van der Waals surface area contributed by atoms with E-state index in [1.807, 2.05) is 23.9 Å². The first kappa shape index (κ1) is 23.1. The zero-order chi connectivity index (χ0) is 17.3. The topological polar surface area (TPSA) is 66.3 Å². The van der Waals surface area contributed by atoms with Crippen molar-refractivity contribution >= 4 is 30.7 Å². The van der Waals surface area contributed by atoms with E-state index in [4.69, 9.17) is 0 Å². The van der Waals surface area contributed by atoms with Gasteiger partial charge < -0.3 is 14.8 Å². The van der Waals surface area contributed by atoms with Crippen molar-refractivity contribution < 1.29 is 4.79 Å². The predicted octanol–water partition coefficient (Wildman–Crippen LogP) is 1.52. The summed E-state index contributed by atoms with van der Waals surface area (Å²) in [5, 5.41) is 12.1. The lowest BCUT2D eigenvalue weighted by Gasteiger charge is -2.37. The summed E-state index contributed by atoms with van der Waals surface area (Å²) in [6, 6.07) is -0.0338. The molecule has 0 aliphatic carbocycles. The van der Waals surface area contributed by atoms with E-state index in [1.165, 1.54) is 0 Å². The lowest BCUT2D eigenvalue weighted by molar-refractivity contribution is -0.138. The van der Waals surface area contributed by atoms with Crippen LogP contribution in [-0.2, 0) is 17.9 Å². The van der Waals surface area contributed by atoms with Crippen LogP contribution in [0.5, 0.6) is 0 Å². The first-order valence-corrected chi connectivity index (χ1v) is 9.07. The Bertz CT molecular complexity index is 576. The highest BCUT2D eigenvalue weighted by Crippen LogP contribution is 2.28. The number of hydrogen-bond donors (Lipinski definition) is 1. The second kappa shape index (κ2) is 9.88. The summed E-state index contributed by atoms with van der Waals surface area (Å²) in [5.74, 6) is 3.17. The van der Waals surface area contributed by atoms with Crippen molar-refractivity contribution in [2.45, 2.75) is 51.7 Å². The smallest absolute Gasteiger partial charge is 0.240 e. The van der Waals surface area contributed by atoms with Gasteiger partial charge in [-0.05, 0) is 32.9 Å². The van der Waals surface area contributed by atoms with E-state index in [2.05, 4.69) is 33.9 Å². The first-order valence-electron chi connectivity index (χ1n) is 9.07. The van der Waals surface area contributed by atoms with Gasteiger partial charge in [0.1, 0.15) is 11.6 Å². The first-order chi connectivity index (χ1) is 11.5. The van der Waals surface area contributed by atoms with Gasteiger partial charge in [-0.3, -0.25) is 9.69 Å². The molecule has 0 unspecified atom stereocenters. The molecule has 1 aromatic heterocycles. The molecule has 1 aromatic rings. The maximum Gasteiger partial charge on any atom is 0.240 e. The molecule has 2 aliphatic heterocycles. The normalized spacial score (nSPS) is 18.9. The molecule has 2 aliphatic rings. The summed E-state index contributed by atoms with van der Waals surface area (Å²) >= 11 is 0. The predicted molar refractivity (Wildman–Crippen MR) is 107 cm³/mol. The number of carbonyl (C=O) groups excluding carboxylic acids is 1. The van der Waals surface area contributed by atoms with Crippen LogP contribution in [0.1, 0.15) is 44.3 Å². The number of likely N-dealkylation sites (tertiary alicyclic amines) is 1. The lowest BCUT2D eigenvalue weighted by atomic mass is 9.94. The molecule has 1 amide bonds. The highest BCUT2D eigenvalue weighted by molar-refractivity contribution is 5.85. The number of piperidine rings is 1. The number of rotatable bonds is 4. The Labute approximate surface area is 168 Å². The molecule has 0 bridgehead atoms. The summed E-state index contributed by atoms with van der Waals surface area (Å²) in [6.45, 7) is 8.62. The van der Waals surface area contributed by atoms with Crippen molar-refractivity contribution in [2.75, 3.05) is 33.7 Å². The van der Waals surface area contributed by atoms with E-state index in [-0.39, 0.29) is 36.8 Å². The quantitative estimate of drug-likeness (QED) is 0.820. The van der Waals surface area contributed by atoms with E-state index in [0.717, 1.165) is 57.2 Å². The van der Waals surface area contributed by atoms with Gasteiger partial charge in [0.2, 0.25) is 5.91 Å². The second-order valence-corrected chi connectivity index (χ2v) is 7.55. The number of aromatic nitrogens is 3. The molecular weight excluding hydrogens is 375 g/mol. The average molecular weight is 407 g/mol. The number of fused-ring (bicyclic) bond motifs is 1. The molecule has 7 nitrogen and oxygen atoms in total. The molecule has 1 N–H and O–H groups in total. The Kier molecular flexibility index (Phi) is 8.79. The van der Waals surface area contributed by atoms with Crippen molar-refractivity contribution in [3.63, 3.8) is 0 Å². The van der Waals surface area contributed by atoms with Gasteiger partial charge in [-0.25, -0.2) is 0 Å². The standard InChI is InChI=1S/C17H30N6O.2ClH/c1-12(2)15(21(3)4)17(24)22-8-5-13(6-9-22)16-20-19-14-11-18-7-10-23(14)16;;/h12-13,15,18H,5-11H2,1-4H3;2*1H/t15-;;/m1../s1. The van der Waals surface area contributed by atoms with Crippen LogP contribution in [0.15, 0.2) is 0 Å². The van der Waals surface area contributed by atoms with Gasteiger partial charge in [0.05, 0.1) is 12.6 Å². The molecule has 0 saturated carbocycles. The Morgan fingerprint density at radius 1 is 1.15 bits per heavy atom. The van der Waals surface area contributed by atoms with Crippen LogP contribution in [0.2, 0.25) is 0 Å². The number of carbonyl (C=O) groups is 1. The van der Waals surface area contributed by atoms with Crippen LogP contribution in [-0.4, -0.2) is 70.2 Å². The minimum absolute atomic E-state index is 0. The Hall–Kier alpha value is -0.890. The summed E-state index contributed by atoms with van der Waals surface area (Å²) < 4.78 is 2.27. The molecule has 1 fully saturated rings. The number of halogens is 2. The van der Waals surface area contributed by atoms with Gasteiger partial charge in [-0.2, -0.15) is 0 Å². The van der Waals surface area contributed by atoms with Gasteiger partial charge in [-0.15, -0.1) is 35.0 Å². The molecule has 0 radical (unpaired) electrons. The highest BCUT2D eigenvalue weighted by atomic mass is 35.5. The number of nitrogens with one attached hydrogen (secondary N) is 1. The van der Waals surface area contributed by atoms with Crippen LogP contribution in [0, 0.1) is 5.92 Å². The van der Waals surface area contributed by atoms with Crippen LogP contribution in [0.3, 0.4) is 0 Å². The molecule has 0 spiro atoms. The lowest BCUT2D eigenvalue weighted by Crippen LogP contribution is -2.50. The van der Waals surface area contributed by atoms with E-state index < -0.39 is 0 Å². The van der Waals surface area contributed by atoms with Gasteiger partial charge in [0, 0.05) is 32.1 Å². The fourth-order valence-corrected chi connectivity index (χ4v) is 4.06. The molecule has 1 atom stereocenters. The summed E-state index contributed by atoms with van der Waals surface area (Å²) in [7, 11) is 3.98. The summed E-state index contributed by atoms with van der Waals surface area (Å²) in [5.41, 5.74) is 0. The van der Waals surface area contributed by atoms with Crippen LogP contribution in [0.4, 0.5) is 0 Å². The minimum Gasteiger partial charge on any atom is -0.341 e. The maximum absolute atomic E-state index is 12.8. The van der Waals surface area contributed by atoms with Crippen molar-refractivity contribution in [3.05, 3.63) is 11.6 Å². The van der Waals surface area contributed by atoms with E-state index >= 15 is 0 Å². The Morgan fingerprint density at radius 3 is 2.38 bits per heavy atom. The van der Waals surface area contributed by atoms with Crippen LogP contribution < -0.4 is 5.32 Å². The van der Waals surface area contributed by atoms with Gasteiger partial charge in [0.25, 0.3) is 0 Å². The molecule has 26 heavy (non-hydrogen) atoms. The SMILES string of the molecule is CC(C)[C@H](C(=O)N1CCC(c2nnc3n2CCNC3)CC1)N(C)C.Cl.Cl. The molecule has 150 valence electrons. The zero-order valence-electron chi connectivity index (χ0n) is 16.1. The number of likely N-dealkylation sites (N-methyl/N-ethyl adjacent to an activating group) is 1. The monoisotopic (exact) mass is 406 g/mol. The largest absolute Gasteiger partial charge is 0.341 e. The van der Waals surface area contributed by atoms with Crippen molar-refractivity contribution in [1.82, 2.24) is 29.9 Å². The zero-order valence-corrected chi connectivity index (χ0v) is 17.8. The van der Waals surface area contributed by atoms with Gasteiger partial charge >= 0.3 is 0 Å². The van der Waals surface area contributed by atoms with Crippen molar-refractivity contribution in [3.8, 4) is 0 Å². The third kappa shape index (κ3) is 4.68. The highest BCUT2D eigenvalue weighted by Gasteiger charge is 2.33. The van der Waals surface area contributed by atoms with Gasteiger partial charge in [-0.1, -0.05) is 13.8 Å².